The number of ether oxygens (including phenoxy) is 1. The monoisotopic (exact) mass is 532 g/mol. The second-order valence-corrected chi connectivity index (χ2v) is 12.5. The summed E-state index contributed by atoms with van der Waals surface area (Å²) in [7, 11) is 0. The van der Waals surface area contributed by atoms with E-state index < -0.39 is 41.5 Å². The largest absolute Gasteiger partial charge is 0.444 e. The smallest absolute Gasteiger partial charge is 0.408 e. The highest BCUT2D eigenvalue weighted by Gasteiger charge is 2.45. The lowest BCUT2D eigenvalue weighted by Gasteiger charge is -2.40. The SMILES string of the molecule is Cc1ncsc1-c1ccc(CNC(=O)[C@@H]2C[C@@H](O)CN2C(O)[C@@H](NC(=O)OC(C)(C)C)C(C)(C)C)cc1. The van der Waals surface area contributed by atoms with Crippen LogP contribution in [0.5, 0.6) is 0 Å². The summed E-state index contributed by atoms with van der Waals surface area (Å²) < 4.78 is 5.39. The van der Waals surface area contributed by atoms with E-state index in [-0.39, 0.29) is 18.9 Å². The summed E-state index contributed by atoms with van der Waals surface area (Å²) in [6, 6.07) is 6.46. The van der Waals surface area contributed by atoms with Crippen LogP contribution in [0.1, 0.15) is 59.2 Å². The summed E-state index contributed by atoms with van der Waals surface area (Å²) >= 11 is 1.59. The normalized spacial score (nSPS) is 20.4. The average molecular weight is 533 g/mol. The van der Waals surface area contributed by atoms with E-state index in [4.69, 9.17) is 4.74 Å². The van der Waals surface area contributed by atoms with Gasteiger partial charge in [-0.25, -0.2) is 9.78 Å². The molecule has 1 aliphatic heterocycles. The van der Waals surface area contributed by atoms with Crippen LogP contribution in [0.2, 0.25) is 0 Å². The number of aliphatic hydroxyl groups is 2. The number of aryl methyl sites for hydroxylation is 1. The lowest BCUT2D eigenvalue weighted by Crippen LogP contribution is -2.60. The fourth-order valence-corrected chi connectivity index (χ4v) is 5.22. The van der Waals surface area contributed by atoms with Crippen molar-refractivity contribution in [2.45, 2.75) is 91.4 Å². The van der Waals surface area contributed by atoms with Gasteiger partial charge in [0, 0.05) is 13.1 Å². The number of hydrogen-bond acceptors (Lipinski definition) is 8. The van der Waals surface area contributed by atoms with E-state index in [1.54, 1.807) is 37.0 Å². The first-order chi connectivity index (χ1) is 17.2. The van der Waals surface area contributed by atoms with Crippen molar-refractivity contribution in [2.75, 3.05) is 6.54 Å². The molecule has 10 heteroatoms. The van der Waals surface area contributed by atoms with Crippen LogP contribution in [0.15, 0.2) is 29.8 Å². The molecule has 0 aliphatic carbocycles. The van der Waals surface area contributed by atoms with Crippen LogP contribution < -0.4 is 10.6 Å². The highest BCUT2D eigenvalue weighted by Crippen LogP contribution is 2.30. The molecule has 4 N–H and O–H groups in total. The second kappa shape index (κ2) is 11.5. The first-order valence-corrected chi connectivity index (χ1v) is 13.4. The van der Waals surface area contributed by atoms with Crippen LogP contribution in [-0.4, -0.2) is 68.7 Å². The third kappa shape index (κ3) is 7.73. The van der Waals surface area contributed by atoms with E-state index in [0.717, 1.165) is 21.7 Å². The number of benzene rings is 1. The Morgan fingerprint density at radius 1 is 1.19 bits per heavy atom. The molecule has 1 saturated heterocycles. The maximum absolute atomic E-state index is 13.2. The van der Waals surface area contributed by atoms with Gasteiger partial charge in [-0.3, -0.25) is 9.69 Å². The molecule has 4 atom stereocenters. The van der Waals surface area contributed by atoms with E-state index in [0.29, 0.717) is 6.54 Å². The van der Waals surface area contributed by atoms with E-state index in [2.05, 4.69) is 15.6 Å². The number of nitrogens with one attached hydrogen (secondary N) is 2. The maximum atomic E-state index is 13.2. The quantitative estimate of drug-likeness (QED) is 0.431. The van der Waals surface area contributed by atoms with Crippen molar-refractivity contribution in [1.29, 1.82) is 0 Å². The zero-order valence-corrected chi connectivity index (χ0v) is 23.6. The van der Waals surface area contributed by atoms with Crippen LogP contribution in [0, 0.1) is 12.3 Å². The molecule has 37 heavy (non-hydrogen) atoms. The van der Waals surface area contributed by atoms with Gasteiger partial charge in [-0.15, -0.1) is 11.3 Å². The molecule has 1 aromatic carbocycles. The number of hydrogen-bond donors (Lipinski definition) is 4. The van der Waals surface area contributed by atoms with Gasteiger partial charge >= 0.3 is 6.09 Å². The van der Waals surface area contributed by atoms with Crippen molar-refractivity contribution < 1.29 is 24.5 Å². The van der Waals surface area contributed by atoms with E-state index in [1.807, 2.05) is 57.5 Å². The van der Waals surface area contributed by atoms with Crippen molar-refractivity contribution in [1.82, 2.24) is 20.5 Å². The van der Waals surface area contributed by atoms with Crippen LogP contribution in [-0.2, 0) is 16.1 Å². The van der Waals surface area contributed by atoms with Crippen LogP contribution >= 0.6 is 11.3 Å². The number of carbonyl (C=O) groups excluding carboxylic acids is 2. The summed E-state index contributed by atoms with van der Waals surface area (Å²) in [6.07, 6.45) is -2.43. The number of rotatable bonds is 7. The number of alkyl carbamates (subject to hydrolysis) is 1. The van der Waals surface area contributed by atoms with Crippen molar-refractivity contribution in [3.63, 3.8) is 0 Å². The lowest BCUT2D eigenvalue weighted by atomic mass is 9.85. The van der Waals surface area contributed by atoms with Gasteiger partial charge in [-0.1, -0.05) is 45.0 Å². The summed E-state index contributed by atoms with van der Waals surface area (Å²) in [5.74, 6) is -0.289. The van der Waals surface area contributed by atoms with Crippen LogP contribution in [0.3, 0.4) is 0 Å². The Hall–Kier alpha value is -2.53. The Labute approximate surface area is 223 Å². The standard InChI is InChI=1S/C27H40N4O5S/c1-16-21(37-15-29-16)18-10-8-17(9-11-18)13-28-23(33)20-12-19(32)14-31(20)24(34)22(26(2,3)4)30-25(35)36-27(5,6)7/h8-11,15,19-20,22,24,32,34H,12-14H2,1-7H3,(H,28,33)(H,30,35)/t19-,20+,22-,24?/m1/s1. The summed E-state index contributed by atoms with van der Waals surface area (Å²) in [6.45, 7) is 13.4. The zero-order valence-electron chi connectivity index (χ0n) is 22.7. The number of aromatic nitrogens is 1. The molecule has 0 radical (unpaired) electrons. The molecule has 0 spiro atoms. The van der Waals surface area contributed by atoms with Crippen molar-refractivity contribution in [3.05, 3.63) is 41.0 Å². The fraction of sp³-hybridized carbons (Fsp3) is 0.593. The Balaban J connectivity index is 1.67. The van der Waals surface area contributed by atoms with Gasteiger partial charge in [0.2, 0.25) is 5.91 Å². The zero-order chi connectivity index (χ0) is 27.5. The highest BCUT2D eigenvalue weighted by atomic mass is 32.1. The Morgan fingerprint density at radius 3 is 2.38 bits per heavy atom. The Kier molecular flexibility index (Phi) is 9.00. The maximum Gasteiger partial charge on any atom is 0.408 e. The number of amides is 2. The van der Waals surface area contributed by atoms with Crippen LogP contribution in [0.4, 0.5) is 4.79 Å². The van der Waals surface area contributed by atoms with Crippen LogP contribution in [0.25, 0.3) is 10.4 Å². The molecule has 3 rings (SSSR count). The number of β-amino-alcohol motifs (C(OH)–C–C–N with tert-alkyl or cyclic N) is 1. The first kappa shape index (κ1) is 29.0. The highest BCUT2D eigenvalue weighted by molar-refractivity contribution is 7.13. The number of thiazole rings is 1. The Bertz CT molecular complexity index is 1070. The Morgan fingerprint density at radius 2 is 1.84 bits per heavy atom. The summed E-state index contributed by atoms with van der Waals surface area (Å²) in [5.41, 5.74) is 3.57. The van der Waals surface area contributed by atoms with E-state index >= 15 is 0 Å². The predicted molar refractivity (Wildman–Crippen MR) is 144 cm³/mol. The van der Waals surface area contributed by atoms with E-state index in [9.17, 15) is 19.8 Å². The van der Waals surface area contributed by atoms with Gasteiger partial charge in [-0.2, -0.15) is 0 Å². The van der Waals surface area contributed by atoms with Crippen molar-refractivity contribution in [3.8, 4) is 10.4 Å². The number of likely N-dealkylation sites (tertiary alicyclic amines) is 1. The molecule has 1 aromatic heterocycles. The molecular weight excluding hydrogens is 492 g/mol. The fourth-order valence-electron chi connectivity index (χ4n) is 4.41. The van der Waals surface area contributed by atoms with Gasteiger partial charge < -0.3 is 25.6 Å². The summed E-state index contributed by atoms with van der Waals surface area (Å²) in [4.78, 5) is 32.6. The third-order valence-electron chi connectivity index (χ3n) is 6.29. The molecule has 0 saturated carbocycles. The third-order valence-corrected chi connectivity index (χ3v) is 7.27. The van der Waals surface area contributed by atoms with Gasteiger partial charge in [0.15, 0.2) is 0 Å². The number of carbonyl (C=O) groups is 2. The molecule has 2 amide bonds. The molecule has 1 unspecified atom stereocenters. The molecule has 1 aliphatic rings. The molecule has 0 bridgehead atoms. The van der Waals surface area contributed by atoms with Gasteiger partial charge in [0.05, 0.1) is 34.3 Å². The number of aliphatic hydroxyl groups excluding tert-OH is 2. The van der Waals surface area contributed by atoms with Crippen molar-refractivity contribution in [2.24, 2.45) is 5.41 Å². The lowest BCUT2D eigenvalue weighted by molar-refractivity contribution is -0.132. The van der Waals surface area contributed by atoms with E-state index in [1.165, 1.54) is 0 Å². The first-order valence-electron chi connectivity index (χ1n) is 12.5. The molecular formula is C27H40N4O5S. The summed E-state index contributed by atoms with van der Waals surface area (Å²) in [5, 5.41) is 27.4. The van der Waals surface area contributed by atoms with Gasteiger partial charge in [-0.05, 0) is 50.7 Å². The minimum absolute atomic E-state index is 0.116. The van der Waals surface area contributed by atoms with Gasteiger partial charge in [0.1, 0.15) is 11.8 Å². The average Bonchev–Trinajstić information content (AvgIpc) is 3.39. The molecule has 1 fully saturated rings. The van der Waals surface area contributed by atoms with Crippen molar-refractivity contribution >= 4 is 23.3 Å². The minimum Gasteiger partial charge on any atom is -0.444 e. The molecule has 204 valence electrons. The second-order valence-electron chi connectivity index (χ2n) is 11.7. The number of nitrogens with zero attached hydrogens (tertiary/aromatic N) is 2. The van der Waals surface area contributed by atoms with Gasteiger partial charge in [0.25, 0.3) is 0 Å². The minimum atomic E-state index is -1.21. The molecule has 2 heterocycles. The molecule has 2 aromatic rings. The predicted octanol–water partition coefficient (Wildman–Crippen LogP) is 3.43. The molecule has 9 nitrogen and oxygen atoms in total. The topological polar surface area (TPSA) is 124 Å².